The van der Waals surface area contributed by atoms with Crippen molar-refractivity contribution in [3.63, 3.8) is 0 Å². The van der Waals surface area contributed by atoms with E-state index in [1.807, 2.05) is 7.05 Å². The largest absolute Gasteiger partial charge is 0.377 e. The van der Waals surface area contributed by atoms with Gasteiger partial charge in [-0.2, -0.15) is 0 Å². The third-order valence-electron chi connectivity index (χ3n) is 2.32. The molecule has 3 heteroatoms. The minimum absolute atomic E-state index is 0.375. The number of likely N-dealkylation sites (N-methyl/N-ethyl adjacent to an activating group) is 1. The predicted octanol–water partition coefficient (Wildman–Crippen LogP) is 2.70. The quantitative estimate of drug-likeness (QED) is 0.737. The summed E-state index contributed by atoms with van der Waals surface area (Å²) in [7, 11) is 1.98. The molecule has 0 amide bonds. The average Bonchev–Trinajstić information content (AvgIpc) is 2.71. The lowest BCUT2D eigenvalue weighted by atomic mass is 10.2. The first-order valence-corrected chi connectivity index (χ1v) is 6.53. The van der Waals surface area contributed by atoms with Crippen molar-refractivity contribution in [1.29, 1.82) is 0 Å². The standard InChI is InChI=1S/C12H21NOS/c1-3-5-11(10-13-2)14-8-7-12-6-4-9-15-12/h4,6,9,11,13H,3,5,7-8,10H2,1-2H3. The summed E-state index contributed by atoms with van der Waals surface area (Å²) in [6.07, 6.45) is 3.75. The molecule has 1 atom stereocenters. The van der Waals surface area contributed by atoms with Crippen LogP contribution in [-0.4, -0.2) is 26.3 Å². The van der Waals surface area contributed by atoms with Gasteiger partial charge in [-0.3, -0.25) is 0 Å². The van der Waals surface area contributed by atoms with E-state index in [0.717, 1.165) is 26.0 Å². The molecule has 0 spiro atoms. The van der Waals surface area contributed by atoms with Crippen molar-refractivity contribution in [2.45, 2.75) is 32.3 Å². The molecular weight excluding hydrogens is 206 g/mol. The fourth-order valence-corrected chi connectivity index (χ4v) is 2.27. The van der Waals surface area contributed by atoms with Crippen LogP contribution in [0.4, 0.5) is 0 Å². The third kappa shape index (κ3) is 5.30. The Kier molecular flexibility index (Phi) is 6.64. The zero-order valence-corrected chi connectivity index (χ0v) is 10.5. The van der Waals surface area contributed by atoms with Gasteiger partial charge < -0.3 is 10.1 Å². The Hall–Kier alpha value is -0.380. The average molecular weight is 227 g/mol. The predicted molar refractivity (Wildman–Crippen MR) is 66.6 cm³/mol. The molecule has 2 nitrogen and oxygen atoms in total. The van der Waals surface area contributed by atoms with Crippen LogP contribution in [0.3, 0.4) is 0 Å². The molecule has 1 N–H and O–H groups in total. The Balaban J connectivity index is 2.15. The molecule has 0 fully saturated rings. The summed E-state index contributed by atoms with van der Waals surface area (Å²) in [4.78, 5) is 1.41. The molecule has 15 heavy (non-hydrogen) atoms. The van der Waals surface area contributed by atoms with Crippen molar-refractivity contribution in [2.75, 3.05) is 20.2 Å². The molecule has 0 saturated heterocycles. The van der Waals surface area contributed by atoms with Gasteiger partial charge >= 0.3 is 0 Å². The molecule has 1 aromatic rings. The minimum Gasteiger partial charge on any atom is -0.377 e. The highest BCUT2D eigenvalue weighted by molar-refractivity contribution is 7.09. The zero-order chi connectivity index (χ0) is 10.9. The van der Waals surface area contributed by atoms with E-state index in [0.29, 0.717) is 6.10 Å². The number of hydrogen-bond acceptors (Lipinski definition) is 3. The molecule has 0 saturated carbocycles. The van der Waals surface area contributed by atoms with E-state index in [2.05, 4.69) is 29.8 Å². The van der Waals surface area contributed by atoms with E-state index in [4.69, 9.17) is 4.74 Å². The van der Waals surface area contributed by atoms with E-state index in [1.54, 1.807) is 11.3 Å². The normalized spacial score (nSPS) is 12.9. The van der Waals surface area contributed by atoms with Gasteiger partial charge in [0.15, 0.2) is 0 Å². The fourth-order valence-electron chi connectivity index (χ4n) is 1.57. The highest BCUT2D eigenvalue weighted by Crippen LogP contribution is 2.10. The van der Waals surface area contributed by atoms with Crippen LogP contribution in [0.2, 0.25) is 0 Å². The second kappa shape index (κ2) is 7.85. The van der Waals surface area contributed by atoms with Gasteiger partial charge in [0.2, 0.25) is 0 Å². The fraction of sp³-hybridized carbons (Fsp3) is 0.667. The molecule has 1 unspecified atom stereocenters. The number of thiophene rings is 1. The molecule has 0 aliphatic rings. The van der Waals surface area contributed by atoms with Crippen molar-refractivity contribution in [3.05, 3.63) is 22.4 Å². The van der Waals surface area contributed by atoms with Gasteiger partial charge in [-0.25, -0.2) is 0 Å². The van der Waals surface area contributed by atoms with Gasteiger partial charge in [-0.05, 0) is 24.9 Å². The molecule has 1 aromatic heterocycles. The Morgan fingerprint density at radius 2 is 2.40 bits per heavy atom. The highest BCUT2D eigenvalue weighted by atomic mass is 32.1. The van der Waals surface area contributed by atoms with Gasteiger partial charge in [0.05, 0.1) is 12.7 Å². The molecule has 0 radical (unpaired) electrons. The zero-order valence-electron chi connectivity index (χ0n) is 9.66. The van der Waals surface area contributed by atoms with Crippen molar-refractivity contribution in [2.24, 2.45) is 0 Å². The molecular formula is C12H21NOS. The van der Waals surface area contributed by atoms with Gasteiger partial charge in [0.1, 0.15) is 0 Å². The molecule has 1 rings (SSSR count). The Morgan fingerprint density at radius 3 is 3.00 bits per heavy atom. The number of hydrogen-bond donors (Lipinski definition) is 1. The Morgan fingerprint density at radius 1 is 1.53 bits per heavy atom. The summed E-state index contributed by atoms with van der Waals surface area (Å²) < 4.78 is 5.84. The first kappa shape index (κ1) is 12.7. The van der Waals surface area contributed by atoms with E-state index < -0.39 is 0 Å². The first-order valence-electron chi connectivity index (χ1n) is 5.65. The van der Waals surface area contributed by atoms with Crippen molar-refractivity contribution >= 4 is 11.3 Å². The second-order valence-corrected chi connectivity index (χ2v) is 4.70. The van der Waals surface area contributed by atoms with E-state index in [1.165, 1.54) is 11.3 Å². The summed E-state index contributed by atoms with van der Waals surface area (Å²) in [6.45, 7) is 4.00. The Bertz CT molecular complexity index is 230. The topological polar surface area (TPSA) is 21.3 Å². The summed E-state index contributed by atoms with van der Waals surface area (Å²) in [6, 6.07) is 4.26. The molecule has 0 bridgehead atoms. The third-order valence-corrected chi connectivity index (χ3v) is 3.26. The van der Waals surface area contributed by atoms with Gasteiger partial charge in [-0.15, -0.1) is 11.3 Å². The smallest absolute Gasteiger partial charge is 0.0699 e. The van der Waals surface area contributed by atoms with Crippen LogP contribution >= 0.6 is 11.3 Å². The van der Waals surface area contributed by atoms with Gasteiger partial charge in [0.25, 0.3) is 0 Å². The summed E-state index contributed by atoms with van der Waals surface area (Å²) >= 11 is 1.81. The van der Waals surface area contributed by atoms with Crippen LogP contribution in [0.25, 0.3) is 0 Å². The van der Waals surface area contributed by atoms with Gasteiger partial charge in [-0.1, -0.05) is 19.4 Å². The van der Waals surface area contributed by atoms with Crippen LogP contribution in [0.15, 0.2) is 17.5 Å². The van der Waals surface area contributed by atoms with Crippen LogP contribution in [0, 0.1) is 0 Å². The monoisotopic (exact) mass is 227 g/mol. The van der Waals surface area contributed by atoms with Crippen LogP contribution in [0.1, 0.15) is 24.6 Å². The van der Waals surface area contributed by atoms with E-state index >= 15 is 0 Å². The van der Waals surface area contributed by atoms with Crippen molar-refractivity contribution < 1.29 is 4.74 Å². The lowest BCUT2D eigenvalue weighted by Crippen LogP contribution is -2.27. The van der Waals surface area contributed by atoms with E-state index in [-0.39, 0.29) is 0 Å². The van der Waals surface area contributed by atoms with Crippen LogP contribution < -0.4 is 5.32 Å². The number of nitrogens with one attached hydrogen (secondary N) is 1. The summed E-state index contributed by atoms with van der Waals surface area (Å²) in [5.41, 5.74) is 0. The van der Waals surface area contributed by atoms with Crippen LogP contribution in [-0.2, 0) is 11.2 Å². The maximum absolute atomic E-state index is 5.84. The summed E-state index contributed by atoms with van der Waals surface area (Å²) in [5.74, 6) is 0. The Labute approximate surface area is 96.7 Å². The van der Waals surface area contributed by atoms with Crippen molar-refractivity contribution in [1.82, 2.24) is 5.32 Å². The SMILES string of the molecule is CCCC(CNC)OCCc1cccs1. The van der Waals surface area contributed by atoms with Crippen molar-refractivity contribution in [3.8, 4) is 0 Å². The minimum atomic E-state index is 0.375. The lowest BCUT2D eigenvalue weighted by molar-refractivity contribution is 0.0507. The molecule has 0 aliphatic carbocycles. The lowest BCUT2D eigenvalue weighted by Gasteiger charge is -2.16. The second-order valence-electron chi connectivity index (χ2n) is 3.67. The maximum Gasteiger partial charge on any atom is 0.0699 e. The first-order chi connectivity index (χ1) is 7.36. The number of rotatable bonds is 8. The molecule has 0 aliphatic heterocycles. The molecule has 86 valence electrons. The number of ether oxygens (including phenoxy) is 1. The molecule has 1 heterocycles. The van der Waals surface area contributed by atoms with Crippen LogP contribution in [0.5, 0.6) is 0 Å². The highest BCUT2D eigenvalue weighted by Gasteiger charge is 2.06. The van der Waals surface area contributed by atoms with Gasteiger partial charge in [0, 0.05) is 17.8 Å². The molecule has 0 aromatic carbocycles. The van der Waals surface area contributed by atoms with E-state index in [9.17, 15) is 0 Å². The maximum atomic E-state index is 5.84. The summed E-state index contributed by atoms with van der Waals surface area (Å²) in [5, 5.41) is 5.29.